The van der Waals surface area contributed by atoms with Crippen molar-refractivity contribution in [1.29, 1.82) is 0 Å². The minimum Gasteiger partial charge on any atom is -0.624 e. The first kappa shape index (κ1) is 40.2. The summed E-state index contributed by atoms with van der Waals surface area (Å²) in [4.78, 5) is 11.8. The Labute approximate surface area is 244 Å². The van der Waals surface area contributed by atoms with E-state index in [2.05, 4.69) is 96.1 Å². The molecule has 0 radical (unpaired) electrons. The number of rotatable bonds is 6. The van der Waals surface area contributed by atoms with E-state index in [1.807, 2.05) is 24.2 Å². The monoisotopic (exact) mass is 556 g/mol. The zero-order chi connectivity index (χ0) is 31.4. The molecule has 0 N–H and O–H groups in total. The van der Waals surface area contributed by atoms with Crippen LogP contribution in [0.15, 0.2) is 11.6 Å². The maximum atomic E-state index is 10.0. The fourth-order valence-electron chi connectivity index (χ4n) is 5.57. The summed E-state index contributed by atoms with van der Waals surface area (Å²) in [5, 5.41) is 14.1. The summed E-state index contributed by atoms with van der Waals surface area (Å²) in [5.74, 6) is 0.620. The first-order chi connectivity index (χ1) is 17.7. The Hall–Kier alpha value is -0.950. The second-order valence-corrected chi connectivity index (χ2v) is 13.0. The maximum absolute atomic E-state index is 10.0. The fourth-order valence-corrected chi connectivity index (χ4v) is 5.57. The van der Waals surface area contributed by atoms with Crippen molar-refractivity contribution >= 4 is 5.71 Å². The van der Waals surface area contributed by atoms with Gasteiger partial charge in [-0.15, -0.1) is 0 Å². The van der Waals surface area contributed by atoms with Crippen molar-refractivity contribution in [3.8, 4) is 0 Å². The van der Waals surface area contributed by atoms with Gasteiger partial charge in [-0.3, -0.25) is 9.68 Å². The molecule has 2 fully saturated rings. The summed E-state index contributed by atoms with van der Waals surface area (Å²) in [6.07, 6.45) is 9.55. The van der Waals surface area contributed by atoms with Crippen molar-refractivity contribution in [2.24, 2.45) is 11.3 Å². The van der Waals surface area contributed by atoms with Crippen molar-refractivity contribution in [3.63, 3.8) is 0 Å². The molecule has 0 aromatic heterocycles. The van der Waals surface area contributed by atoms with Crippen LogP contribution in [0.5, 0.6) is 0 Å². The highest BCUT2D eigenvalue weighted by atomic mass is 16.7. The van der Waals surface area contributed by atoms with Crippen LogP contribution in [-0.4, -0.2) is 64.5 Å². The van der Waals surface area contributed by atoms with Gasteiger partial charge < -0.3 is 5.21 Å². The molecule has 0 saturated carbocycles. The van der Waals surface area contributed by atoms with Crippen molar-refractivity contribution in [1.82, 2.24) is 10.1 Å². The van der Waals surface area contributed by atoms with Crippen LogP contribution in [0.25, 0.3) is 0 Å². The first-order valence-electron chi connectivity index (χ1n) is 15.4. The Morgan fingerprint density at radius 2 is 1.33 bits per heavy atom. The molecule has 2 rings (SSSR count). The molecule has 0 aliphatic carbocycles. The van der Waals surface area contributed by atoms with E-state index in [1.165, 1.54) is 38.3 Å². The van der Waals surface area contributed by atoms with Crippen LogP contribution in [0.1, 0.15) is 142 Å². The predicted molar refractivity (Wildman–Crippen MR) is 171 cm³/mol. The van der Waals surface area contributed by atoms with Crippen LogP contribution >= 0.6 is 0 Å². The maximum Gasteiger partial charge on any atom is 0.157 e. The second kappa shape index (κ2) is 17.1. The molecular formula is C33H69N3O3. The SMILES string of the molecule is CC(C)=[N+](C)[O-].CC/C=C(/C)CC.CCC1C(C)(CC)ON(C)C1(C)C.CCC1ON(C)C(C)(C)C1(C)CC. The molecule has 39 heavy (non-hydrogen) atoms. The van der Waals surface area contributed by atoms with Crippen LogP contribution in [0, 0.1) is 16.5 Å². The van der Waals surface area contributed by atoms with Gasteiger partial charge in [0.25, 0.3) is 0 Å². The number of allylic oxidation sites excluding steroid dienone is 2. The largest absolute Gasteiger partial charge is 0.624 e. The lowest BCUT2D eigenvalue weighted by Crippen LogP contribution is -2.47. The average molecular weight is 556 g/mol. The summed E-state index contributed by atoms with van der Waals surface area (Å²) in [7, 11) is 5.57. The van der Waals surface area contributed by atoms with E-state index in [9.17, 15) is 5.21 Å². The quantitative estimate of drug-likeness (QED) is 0.108. The number of hydrogen-bond donors (Lipinski definition) is 0. The molecule has 0 aromatic rings. The second-order valence-electron chi connectivity index (χ2n) is 13.0. The lowest BCUT2D eigenvalue weighted by atomic mass is 9.67. The molecule has 4 atom stereocenters. The third kappa shape index (κ3) is 10.4. The Kier molecular flexibility index (Phi) is 17.6. The van der Waals surface area contributed by atoms with Gasteiger partial charge in [0.05, 0.1) is 11.7 Å². The first-order valence-corrected chi connectivity index (χ1v) is 15.4. The molecule has 2 heterocycles. The fraction of sp³-hybridized carbons (Fsp3) is 0.909. The summed E-state index contributed by atoms with van der Waals surface area (Å²) in [6.45, 7) is 32.6. The summed E-state index contributed by atoms with van der Waals surface area (Å²) < 4.78 is 0.833. The Bertz CT molecular complexity index is 743. The lowest BCUT2D eigenvalue weighted by Gasteiger charge is -2.40. The van der Waals surface area contributed by atoms with Crippen LogP contribution < -0.4 is 0 Å². The van der Waals surface area contributed by atoms with E-state index in [0.29, 0.717) is 12.0 Å². The summed E-state index contributed by atoms with van der Waals surface area (Å²) >= 11 is 0. The standard InChI is InChI=1S/2C11H23NO.C7H14.C4H9NO/c1-7-9-11(5,8-2)10(3,4)12(6)13-9;1-7-9-10(3,4)12(6)13-11(9,5)8-2;1-4-6-7(3)5-2;1-4(2)5(3)6/h2*9H,7-8H2,1-6H3;6H,4-5H2,1-3H3;1-3H3/b;;7-6-;. The number of hydrogen-bond acceptors (Lipinski definition) is 5. The van der Waals surface area contributed by atoms with Crippen molar-refractivity contribution in [2.75, 3.05) is 21.1 Å². The van der Waals surface area contributed by atoms with Gasteiger partial charge in [0.2, 0.25) is 0 Å². The van der Waals surface area contributed by atoms with Gasteiger partial charge in [-0.05, 0) is 80.1 Å². The van der Waals surface area contributed by atoms with E-state index in [4.69, 9.17) is 9.68 Å². The van der Waals surface area contributed by atoms with Crippen LogP contribution in [0.2, 0.25) is 0 Å². The molecule has 4 unspecified atom stereocenters. The number of nitrogens with zero attached hydrogens (tertiary/aromatic N) is 3. The number of hydroxylamine groups is 5. The van der Waals surface area contributed by atoms with E-state index in [1.54, 1.807) is 13.8 Å². The molecule has 0 bridgehead atoms. The smallest absolute Gasteiger partial charge is 0.157 e. The zero-order valence-corrected chi connectivity index (χ0v) is 29.5. The molecule has 234 valence electrons. The minimum atomic E-state index is 0.0347. The third-order valence-corrected chi connectivity index (χ3v) is 9.88. The highest BCUT2D eigenvalue weighted by Crippen LogP contribution is 2.49. The molecular weight excluding hydrogens is 486 g/mol. The molecule has 6 heteroatoms. The molecule has 6 nitrogen and oxygen atoms in total. The minimum absolute atomic E-state index is 0.0347. The third-order valence-electron chi connectivity index (χ3n) is 9.88. The van der Waals surface area contributed by atoms with Gasteiger partial charge in [0, 0.05) is 50.4 Å². The Balaban J connectivity index is 0. The van der Waals surface area contributed by atoms with Crippen molar-refractivity contribution in [3.05, 3.63) is 16.9 Å². The van der Waals surface area contributed by atoms with Gasteiger partial charge in [0.15, 0.2) is 5.71 Å². The molecule has 0 amide bonds. The average Bonchev–Trinajstić information content (AvgIpc) is 3.16. The Morgan fingerprint density at radius 3 is 1.56 bits per heavy atom. The van der Waals surface area contributed by atoms with E-state index >= 15 is 0 Å². The van der Waals surface area contributed by atoms with E-state index in [0.717, 1.165) is 23.3 Å². The van der Waals surface area contributed by atoms with E-state index < -0.39 is 0 Å². The van der Waals surface area contributed by atoms with Crippen LogP contribution in [0.3, 0.4) is 0 Å². The normalized spacial score (nSPS) is 29.8. The molecule has 2 saturated heterocycles. The van der Waals surface area contributed by atoms with Gasteiger partial charge in [-0.1, -0.05) is 60.1 Å². The summed E-state index contributed by atoms with van der Waals surface area (Å²) in [5.41, 5.74) is 2.91. The van der Waals surface area contributed by atoms with Crippen molar-refractivity contribution in [2.45, 2.75) is 165 Å². The van der Waals surface area contributed by atoms with Gasteiger partial charge in [-0.25, -0.2) is 4.74 Å². The molecule has 2 aliphatic heterocycles. The highest BCUT2D eigenvalue weighted by Gasteiger charge is 2.55. The van der Waals surface area contributed by atoms with Gasteiger partial charge in [-0.2, -0.15) is 10.1 Å². The van der Waals surface area contributed by atoms with Gasteiger partial charge in [0.1, 0.15) is 7.05 Å². The van der Waals surface area contributed by atoms with Crippen LogP contribution in [0.4, 0.5) is 0 Å². The zero-order valence-electron chi connectivity index (χ0n) is 29.5. The lowest BCUT2D eigenvalue weighted by molar-refractivity contribution is -0.423. The predicted octanol–water partition coefficient (Wildman–Crippen LogP) is 9.03. The van der Waals surface area contributed by atoms with Crippen LogP contribution in [-0.2, 0) is 9.68 Å². The molecule has 0 spiro atoms. The summed E-state index contributed by atoms with van der Waals surface area (Å²) in [6, 6.07) is 0. The van der Waals surface area contributed by atoms with Gasteiger partial charge >= 0.3 is 0 Å². The molecule has 0 aromatic carbocycles. The van der Waals surface area contributed by atoms with E-state index in [-0.39, 0.29) is 22.1 Å². The molecule has 2 aliphatic rings. The topological polar surface area (TPSA) is 51.0 Å². The highest BCUT2D eigenvalue weighted by molar-refractivity contribution is 5.73. The Morgan fingerprint density at radius 1 is 0.846 bits per heavy atom. The van der Waals surface area contributed by atoms with Crippen molar-refractivity contribution < 1.29 is 14.4 Å².